The van der Waals surface area contributed by atoms with Crippen LogP contribution in [0.15, 0.2) is 35.2 Å². The van der Waals surface area contributed by atoms with Gasteiger partial charge in [0.1, 0.15) is 0 Å². The minimum Gasteiger partial charge on any atom is -0.308 e. The van der Waals surface area contributed by atoms with Gasteiger partial charge in [0, 0.05) is 35.6 Å². The van der Waals surface area contributed by atoms with Crippen molar-refractivity contribution in [2.24, 2.45) is 0 Å². The number of rotatable bonds is 5. The molecule has 5 heteroatoms. The second kappa shape index (κ2) is 5.20. The predicted molar refractivity (Wildman–Crippen MR) is 73.1 cm³/mol. The standard InChI is InChI=1S/C13H15BrN4/c14-11-5-10(6-15-7-11)9-18-4-3-13(17-18)8-16-12-1-2-12/h3-7,12,16H,1-2,8-9H2. The lowest BCUT2D eigenvalue weighted by atomic mass is 10.3. The molecule has 2 aromatic heterocycles. The number of hydrogen-bond acceptors (Lipinski definition) is 3. The van der Waals surface area contributed by atoms with Gasteiger partial charge in [0.15, 0.2) is 0 Å². The Balaban J connectivity index is 1.61. The average molecular weight is 307 g/mol. The minimum atomic E-state index is 0.726. The molecule has 2 heterocycles. The molecule has 0 atom stereocenters. The Morgan fingerprint density at radius 1 is 1.39 bits per heavy atom. The number of hydrogen-bond donors (Lipinski definition) is 1. The molecule has 0 saturated heterocycles. The average Bonchev–Trinajstić information content (AvgIpc) is 3.08. The second-order valence-electron chi connectivity index (χ2n) is 4.67. The van der Waals surface area contributed by atoms with Gasteiger partial charge in [0.2, 0.25) is 0 Å². The molecular formula is C13H15BrN4. The molecule has 1 aliphatic rings. The molecule has 1 fully saturated rings. The summed E-state index contributed by atoms with van der Waals surface area (Å²) in [5.74, 6) is 0. The molecule has 0 aromatic carbocycles. The fourth-order valence-corrected chi connectivity index (χ4v) is 2.26. The third kappa shape index (κ3) is 3.17. The van der Waals surface area contributed by atoms with Crippen LogP contribution in [0.4, 0.5) is 0 Å². The van der Waals surface area contributed by atoms with E-state index in [1.54, 1.807) is 6.20 Å². The minimum absolute atomic E-state index is 0.726. The van der Waals surface area contributed by atoms with Gasteiger partial charge in [0.25, 0.3) is 0 Å². The van der Waals surface area contributed by atoms with Crippen LogP contribution in [-0.2, 0) is 13.1 Å². The molecule has 3 rings (SSSR count). The Bertz CT molecular complexity index is 533. The molecule has 0 radical (unpaired) electrons. The van der Waals surface area contributed by atoms with Crippen molar-refractivity contribution in [3.8, 4) is 0 Å². The summed E-state index contributed by atoms with van der Waals surface area (Å²) < 4.78 is 2.95. The monoisotopic (exact) mass is 306 g/mol. The highest BCUT2D eigenvalue weighted by Gasteiger charge is 2.20. The molecule has 0 amide bonds. The first-order chi connectivity index (χ1) is 8.79. The molecule has 4 nitrogen and oxygen atoms in total. The Hall–Kier alpha value is -1.20. The van der Waals surface area contributed by atoms with Crippen LogP contribution in [-0.4, -0.2) is 20.8 Å². The maximum absolute atomic E-state index is 4.55. The van der Waals surface area contributed by atoms with Crippen molar-refractivity contribution >= 4 is 15.9 Å². The third-order valence-electron chi connectivity index (χ3n) is 2.95. The number of nitrogens with zero attached hydrogens (tertiary/aromatic N) is 3. The summed E-state index contributed by atoms with van der Waals surface area (Å²) in [6, 6.07) is 4.86. The van der Waals surface area contributed by atoms with Crippen LogP contribution >= 0.6 is 15.9 Å². The molecule has 1 aliphatic carbocycles. The Kier molecular flexibility index (Phi) is 3.43. The van der Waals surface area contributed by atoms with Gasteiger partial charge in [-0.25, -0.2) is 0 Å². The number of halogens is 1. The van der Waals surface area contributed by atoms with Crippen molar-refractivity contribution < 1.29 is 0 Å². The van der Waals surface area contributed by atoms with E-state index in [0.29, 0.717) is 0 Å². The zero-order valence-corrected chi connectivity index (χ0v) is 11.6. The van der Waals surface area contributed by atoms with Crippen LogP contribution < -0.4 is 5.32 Å². The summed E-state index contributed by atoms with van der Waals surface area (Å²) in [6.45, 7) is 1.63. The van der Waals surface area contributed by atoms with E-state index in [1.807, 2.05) is 17.1 Å². The topological polar surface area (TPSA) is 42.7 Å². The summed E-state index contributed by atoms with van der Waals surface area (Å²) in [7, 11) is 0. The summed E-state index contributed by atoms with van der Waals surface area (Å²) in [4.78, 5) is 4.15. The first-order valence-corrected chi connectivity index (χ1v) is 6.94. The van der Waals surface area contributed by atoms with Crippen molar-refractivity contribution in [1.29, 1.82) is 0 Å². The molecule has 18 heavy (non-hydrogen) atoms. The van der Waals surface area contributed by atoms with E-state index in [-0.39, 0.29) is 0 Å². The molecular weight excluding hydrogens is 292 g/mol. The lowest BCUT2D eigenvalue weighted by Gasteiger charge is -2.02. The molecule has 1 saturated carbocycles. The summed E-state index contributed by atoms with van der Waals surface area (Å²) >= 11 is 3.43. The third-order valence-corrected chi connectivity index (χ3v) is 3.38. The van der Waals surface area contributed by atoms with Crippen molar-refractivity contribution in [3.63, 3.8) is 0 Å². The lowest BCUT2D eigenvalue weighted by molar-refractivity contribution is 0.630. The highest BCUT2D eigenvalue weighted by atomic mass is 79.9. The maximum Gasteiger partial charge on any atom is 0.0762 e. The molecule has 0 aliphatic heterocycles. The summed E-state index contributed by atoms with van der Waals surface area (Å²) in [5, 5.41) is 8.01. The smallest absolute Gasteiger partial charge is 0.0762 e. The van der Waals surface area contributed by atoms with Gasteiger partial charge in [0.05, 0.1) is 12.2 Å². The maximum atomic E-state index is 4.55. The van der Waals surface area contributed by atoms with Gasteiger partial charge < -0.3 is 5.32 Å². The first-order valence-electron chi connectivity index (χ1n) is 6.15. The van der Waals surface area contributed by atoms with Crippen molar-refractivity contribution in [2.45, 2.75) is 32.0 Å². The molecule has 94 valence electrons. The quantitative estimate of drug-likeness (QED) is 0.922. The SMILES string of the molecule is Brc1cncc(Cn2ccc(CNC3CC3)n2)c1. The van der Waals surface area contributed by atoms with Crippen LogP contribution in [0.5, 0.6) is 0 Å². The van der Waals surface area contributed by atoms with Crippen LogP contribution in [0.1, 0.15) is 24.1 Å². The highest BCUT2D eigenvalue weighted by Crippen LogP contribution is 2.19. The van der Waals surface area contributed by atoms with Gasteiger partial charge >= 0.3 is 0 Å². The van der Waals surface area contributed by atoms with Gasteiger partial charge in [-0.15, -0.1) is 0 Å². The van der Waals surface area contributed by atoms with E-state index in [4.69, 9.17) is 0 Å². The van der Waals surface area contributed by atoms with Crippen LogP contribution in [0.3, 0.4) is 0 Å². The Morgan fingerprint density at radius 2 is 2.28 bits per heavy atom. The van der Waals surface area contributed by atoms with E-state index >= 15 is 0 Å². The zero-order chi connectivity index (χ0) is 12.4. The van der Waals surface area contributed by atoms with E-state index in [2.05, 4.69) is 43.5 Å². The highest BCUT2D eigenvalue weighted by molar-refractivity contribution is 9.10. The molecule has 0 bridgehead atoms. The van der Waals surface area contributed by atoms with E-state index < -0.39 is 0 Å². The van der Waals surface area contributed by atoms with E-state index in [1.165, 1.54) is 12.8 Å². The van der Waals surface area contributed by atoms with Crippen LogP contribution in [0, 0.1) is 0 Å². The molecule has 0 unspecified atom stereocenters. The number of nitrogens with one attached hydrogen (secondary N) is 1. The van der Waals surface area contributed by atoms with Crippen LogP contribution in [0.25, 0.3) is 0 Å². The fraction of sp³-hybridized carbons (Fsp3) is 0.385. The Morgan fingerprint density at radius 3 is 3.06 bits per heavy atom. The molecule has 2 aromatic rings. The number of aromatic nitrogens is 3. The number of pyridine rings is 1. The molecule has 1 N–H and O–H groups in total. The van der Waals surface area contributed by atoms with Gasteiger partial charge in [-0.1, -0.05) is 0 Å². The predicted octanol–water partition coefficient (Wildman–Crippen LogP) is 2.34. The van der Waals surface area contributed by atoms with Gasteiger partial charge in [-0.05, 0) is 46.5 Å². The Labute approximate surface area is 115 Å². The second-order valence-corrected chi connectivity index (χ2v) is 5.59. The van der Waals surface area contributed by atoms with Crippen molar-refractivity contribution in [2.75, 3.05) is 0 Å². The van der Waals surface area contributed by atoms with E-state index in [9.17, 15) is 0 Å². The summed E-state index contributed by atoms with van der Waals surface area (Å²) in [6.07, 6.45) is 8.30. The summed E-state index contributed by atoms with van der Waals surface area (Å²) in [5.41, 5.74) is 2.25. The first kappa shape index (κ1) is 11.9. The van der Waals surface area contributed by atoms with Crippen molar-refractivity contribution in [1.82, 2.24) is 20.1 Å². The fourth-order valence-electron chi connectivity index (χ4n) is 1.85. The lowest BCUT2D eigenvalue weighted by Crippen LogP contribution is -2.16. The van der Waals surface area contributed by atoms with Gasteiger partial charge in [-0.3, -0.25) is 9.67 Å². The van der Waals surface area contributed by atoms with Crippen LogP contribution in [0.2, 0.25) is 0 Å². The van der Waals surface area contributed by atoms with Crippen molar-refractivity contribution in [3.05, 3.63) is 46.5 Å². The van der Waals surface area contributed by atoms with Gasteiger partial charge in [-0.2, -0.15) is 5.10 Å². The normalized spacial score (nSPS) is 14.9. The molecule has 0 spiro atoms. The zero-order valence-electron chi connectivity index (χ0n) is 10.0. The van der Waals surface area contributed by atoms with E-state index in [0.717, 1.165) is 34.9 Å². The largest absolute Gasteiger partial charge is 0.308 e.